The molecule has 2 aromatic carbocycles. The maximum absolute atomic E-state index is 12.0. The quantitative estimate of drug-likeness (QED) is 0.751. The van der Waals surface area contributed by atoms with Crippen molar-refractivity contribution in [2.24, 2.45) is 4.40 Å². The molecule has 0 aromatic heterocycles. The highest BCUT2D eigenvalue weighted by Crippen LogP contribution is 2.27. The molecule has 0 atom stereocenters. The summed E-state index contributed by atoms with van der Waals surface area (Å²) >= 11 is 2.24. The first-order valence-corrected chi connectivity index (χ1v) is 8.47. The molecule has 0 aliphatic carbocycles. The van der Waals surface area contributed by atoms with Crippen LogP contribution in [0.3, 0.4) is 0 Å². The Bertz CT molecular complexity index is 829. The summed E-state index contributed by atoms with van der Waals surface area (Å²) in [6.45, 7) is 1.97. The molecular formula is C14H11IN2O2S. The van der Waals surface area contributed by atoms with Crippen LogP contribution in [0.25, 0.3) is 0 Å². The Morgan fingerprint density at radius 3 is 2.65 bits per heavy atom. The van der Waals surface area contributed by atoms with Gasteiger partial charge in [0.25, 0.3) is 10.0 Å². The van der Waals surface area contributed by atoms with E-state index in [0.717, 1.165) is 14.8 Å². The minimum absolute atomic E-state index is 0.255. The summed E-state index contributed by atoms with van der Waals surface area (Å²) in [7, 11) is -3.57. The summed E-state index contributed by atoms with van der Waals surface area (Å²) in [5, 5.41) is 3.12. The van der Waals surface area contributed by atoms with Crippen LogP contribution in [-0.4, -0.2) is 14.3 Å². The first kappa shape index (κ1) is 13.6. The summed E-state index contributed by atoms with van der Waals surface area (Å²) in [6, 6.07) is 12.7. The topological polar surface area (TPSA) is 58.5 Å². The minimum Gasteiger partial charge on any atom is -0.339 e. The maximum atomic E-state index is 12.0. The Hall–Kier alpha value is -1.41. The average molecular weight is 398 g/mol. The third-order valence-electron chi connectivity index (χ3n) is 3.07. The molecule has 0 unspecified atom stereocenters. The zero-order chi connectivity index (χ0) is 14.3. The standard InChI is InChI=1S/C14H11IN2O2S/c1-9-8-10(15)6-7-12(9)16-14-11-4-2-3-5-13(11)20(18,19)17-14/h2-8H,1H3,(H,16,17). The van der Waals surface area contributed by atoms with Crippen molar-refractivity contribution < 1.29 is 8.42 Å². The highest BCUT2D eigenvalue weighted by molar-refractivity contribution is 14.1. The fourth-order valence-electron chi connectivity index (χ4n) is 2.09. The van der Waals surface area contributed by atoms with Gasteiger partial charge in [-0.3, -0.25) is 0 Å². The van der Waals surface area contributed by atoms with E-state index >= 15 is 0 Å². The summed E-state index contributed by atoms with van der Waals surface area (Å²) in [4.78, 5) is 0.255. The predicted octanol–water partition coefficient (Wildman–Crippen LogP) is 3.16. The minimum atomic E-state index is -3.57. The van der Waals surface area contributed by atoms with Gasteiger partial charge in [-0.05, 0) is 65.4 Å². The molecule has 1 heterocycles. The number of benzene rings is 2. The molecule has 1 N–H and O–H groups in total. The van der Waals surface area contributed by atoms with Crippen LogP contribution in [0.5, 0.6) is 0 Å². The number of anilines is 1. The number of fused-ring (bicyclic) bond motifs is 1. The van der Waals surface area contributed by atoms with Gasteiger partial charge in [0, 0.05) is 14.8 Å². The van der Waals surface area contributed by atoms with E-state index in [9.17, 15) is 8.42 Å². The second kappa shape index (κ2) is 4.85. The van der Waals surface area contributed by atoms with Crippen molar-refractivity contribution in [3.63, 3.8) is 0 Å². The molecule has 20 heavy (non-hydrogen) atoms. The number of rotatable bonds is 1. The van der Waals surface area contributed by atoms with Crippen LogP contribution >= 0.6 is 22.6 Å². The molecule has 0 radical (unpaired) electrons. The van der Waals surface area contributed by atoms with Gasteiger partial charge in [0.1, 0.15) is 4.90 Å². The summed E-state index contributed by atoms with van der Waals surface area (Å²) in [5.74, 6) is 0.380. The molecule has 1 aliphatic rings. The van der Waals surface area contributed by atoms with E-state index in [2.05, 4.69) is 32.3 Å². The summed E-state index contributed by atoms with van der Waals surface area (Å²) in [5.41, 5.74) is 2.52. The van der Waals surface area contributed by atoms with Crippen molar-refractivity contribution in [1.29, 1.82) is 0 Å². The molecule has 1 aliphatic heterocycles. The van der Waals surface area contributed by atoms with Crippen molar-refractivity contribution in [2.45, 2.75) is 11.8 Å². The zero-order valence-corrected chi connectivity index (χ0v) is 13.6. The van der Waals surface area contributed by atoms with E-state index in [-0.39, 0.29) is 4.90 Å². The lowest BCUT2D eigenvalue weighted by molar-refractivity contribution is 0.599. The van der Waals surface area contributed by atoms with Crippen LogP contribution in [0, 0.1) is 10.5 Å². The molecule has 0 fully saturated rings. The number of nitrogens with one attached hydrogen (secondary N) is 1. The van der Waals surface area contributed by atoms with E-state index in [1.54, 1.807) is 24.3 Å². The molecule has 0 amide bonds. The number of hydrogen-bond acceptors (Lipinski definition) is 3. The fourth-order valence-corrected chi connectivity index (χ4v) is 3.91. The van der Waals surface area contributed by atoms with E-state index < -0.39 is 10.0 Å². The van der Waals surface area contributed by atoms with Gasteiger partial charge in [-0.25, -0.2) is 0 Å². The number of nitrogens with zero attached hydrogens (tertiary/aromatic N) is 1. The lowest BCUT2D eigenvalue weighted by Gasteiger charge is -2.09. The van der Waals surface area contributed by atoms with Crippen molar-refractivity contribution >= 4 is 44.1 Å². The van der Waals surface area contributed by atoms with Crippen LogP contribution in [0.2, 0.25) is 0 Å². The smallest absolute Gasteiger partial charge is 0.285 e. The Kier molecular flexibility index (Phi) is 3.29. The molecule has 0 saturated carbocycles. The van der Waals surface area contributed by atoms with Crippen molar-refractivity contribution in [1.82, 2.24) is 0 Å². The molecular weight excluding hydrogens is 387 g/mol. The SMILES string of the molecule is Cc1cc(I)ccc1NC1=NS(=O)(=O)c2ccccc21. The van der Waals surface area contributed by atoms with Gasteiger partial charge in [0.15, 0.2) is 5.84 Å². The molecule has 6 heteroatoms. The maximum Gasteiger partial charge on any atom is 0.285 e. The van der Waals surface area contributed by atoms with Gasteiger partial charge >= 0.3 is 0 Å². The highest BCUT2D eigenvalue weighted by atomic mass is 127. The monoisotopic (exact) mass is 398 g/mol. The zero-order valence-electron chi connectivity index (χ0n) is 10.6. The molecule has 4 nitrogen and oxygen atoms in total. The Morgan fingerprint density at radius 1 is 1.15 bits per heavy atom. The van der Waals surface area contributed by atoms with Crippen LogP contribution in [-0.2, 0) is 10.0 Å². The highest BCUT2D eigenvalue weighted by Gasteiger charge is 2.28. The number of aryl methyl sites for hydroxylation is 1. The van der Waals surface area contributed by atoms with Crippen LogP contribution in [0.1, 0.15) is 11.1 Å². The second-order valence-electron chi connectivity index (χ2n) is 4.50. The van der Waals surface area contributed by atoms with Gasteiger partial charge in [-0.1, -0.05) is 12.1 Å². The molecule has 0 saturated heterocycles. The molecule has 0 bridgehead atoms. The average Bonchev–Trinajstić information content (AvgIpc) is 2.65. The summed E-state index contributed by atoms with van der Waals surface area (Å²) < 4.78 is 28.9. The van der Waals surface area contributed by atoms with Crippen LogP contribution < -0.4 is 5.32 Å². The molecule has 3 rings (SSSR count). The summed E-state index contributed by atoms with van der Waals surface area (Å²) in [6.07, 6.45) is 0. The van der Waals surface area contributed by atoms with Gasteiger partial charge in [-0.2, -0.15) is 8.42 Å². The van der Waals surface area contributed by atoms with Crippen LogP contribution in [0.15, 0.2) is 51.8 Å². The third kappa shape index (κ3) is 2.33. The van der Waals surface area contributed by atoms with Gasteiger partial charge in [-0.15, -0.1) is 4.40 Å². The van der Waals surface area contributed by atoms with Gasteiger partial charge in [0.05, 0.1) is 0 Å². The van der Waals surface area contributed by atoms with E-state index in [1.807, 2.05) is 25.1 Å². The van der Waals surface area contributed by atoms with Gasteiger partial charge < -0.3 is 5.32 Å². The van der Waals surface area contributed by atoms with Crippen molar-refractivity contribution in [2.75, 3.05) is 5.32 Å². The van der Waals surface area contributed by atoms with Crippen molar-refractivity contribution in [3.05, 3.63) is 57.2 Å². The largest absolute Gasteiger partial charge is 0.339 e. The van der Waals surface area contributed by atoms with E-state index in [1.165, 1.54) is 0 Å². The Morgan fingerprint density at radius 2 is 1.90 bits per heavy atom. The first-order valence-electron chi connectivity index (χ1n) is 5.95. The Labute approximate surface area is 131 Å². The lowest BCUT2D eigenvalue weighted by Crippen LogP contribution is -2.12. The number of hydrogen-bond donors (Lipinski definition) is 1. The lowest BCUT2D eigenvalue weighted by atomic mass is 10.1. The first-order chi connectivity index (χ1) is 9.47. The predicted molar refractivity (Wildman–Crippen MR) is 87.7 cm³/mol. The third-order valence-corrected chi connectivity index (χ3v) is 5.08. The van der Waals surface area contributed by atoms with Gasteiger partial charge in [0.2, 0.25) is 0 Å². The van der Waals surface area contributed by atoms with Crippen LogP contribution in [0.4, 0.5) is 5.69 Å². The second-order valence-corrected chi connectivity index (χ2v) is 7.31. The number of halogens is 1. The van der Waals surface area contributed by atoms with E-state index in [0.29, 0.717) is 11.4 Å². The normalized spacial score (nSPS) is 15.6. The van der Waals surface area contributed by atoms with Crippen molar-refractivity contribution in [3.8, 4) is 0 Å². The Balaban J connectivity index is 2.05. The number of amidine groups is 1. The number of sulfonamides is 1. The molecule has 2 aromatic rings. The fraction of sp³-hybridized carbons (Fsp3) is 0.0714. The van der Waals surface area contributed by atoms with E-state index in [4.69, 9.17) is 0 Å². The molecule has 102 valence electrons. The molecule has 0 spiro atoms.